The molecule has 5 nitrogen and oxygen atoms in total. The van der Waals surface area contributed by atoms with Gasteiger partial charge < -0.3 is 10.1 Å². The Morgan fingerprint density at radius 3 is 2.33 bits per heavy atom. The van der Waals surface area contributed by atoms with E-state index in [1.54, 1.807) is 30.5 Å². The number of hydrogen-bond acceptors (Lipinski definition) is 4. The predicted molar refractivity (Wildman–Crippen MR) is 116 cm³/mol. The number of carbonyl (C=O) groups excluding carboxylic acids is 2. The maximum absolute atomic E-state index is 12.6. The normalized spacial score (nSPS) is 11.5. The molecule has 0 aliphatic heterocycles. The van der Waals surface area contributed by atoms with E-state index in [0.717, 1.165) is 23.4 Å². The number of nitrogens with zero attached hydrogens (tertiary/aromatic N) is 1. The maximum Gasteiger partial charge on any atom is 0.221 e. The average molecular weight is 402 g/mol. The van der Waals surface area contributed by atoms with E-state index in [4.69, 9.17) is 4.74 Å². The smallest absolute Gasteiger partial charge is 0.221 e. The van der Waals surface area contributed by atoms with Crippen molar-refractivity contribution >= 4 is 11.7 Å². The van der Waals surface area contributed by atoms with Gasteiger partial charge in [-0.05, 0) is 48.4 Å². The Bertz CT molecular complexity index is 902. The monoisotopic (exact) mass is 402 g/mol. The number of pyridine rings is 1. The van der Waals surface area contributed by atoms with Crippen molar-refractivity contribution in [1.29, 1.82) is 0 Å². The third-order valence-corrected chi connectivity index (χ3v) is 4.65. The van der Waals surface area contributed by atoms with Crippen LogP contribution in [-0.2, 0) is 4.79 Å². The highest BCUT2D eigenvalue weighted by atomic mass is 16.5. The second-order valence-corrected chi connectivity index (χ2v) is 6.96. The van der Waals surface area contributed by atoms with Crippen LogP contribution in [0.1, 0.15) is 53.8 Å². The molecule has 1 aromatic heterocycles. The molecule has 30 heavy (non-hydrogen) atoms. The summed E-state index contributed by atoms with van der Waals surface area (Å²) in [5.41, 5.74) is 2.28. The Morgan fingerprint density at radius 1 is 0.933 bits per heavy atom. The van der Waals surface area contributed by atoms with E-state index in [1.165, 1.54) is 0 Å². The molecule has 1 amide bonds. The zero-order valence-corrected chi connectivity index (χ0v) is 17.1. The molecule has 0 saturated carbocycles. The molecule has 0 radical (unpaired) electrons. The Hall–Kier alpha value is -3.47. The number of amides is 1. The fourth-order valence-corrected chi connectivity index (χ4v) is 3.08. The van der Waals surface area contributed by atoms with Gasteiger partial charge in [0, 0.05) is 24.6 Å². The summed E-state index contributed by atoms with van der Waals surface area (Å²) in [6.07, 6.45) is 2.89. The van der Waals surface area contributed by atoms with E-state index in [-0.39, 0.29) is 30.6 Å². The van der Waals surface area contributed by atoms with E-state index in [1.807, 2.05) is 55.5 Å². The van der Waals surface area contributed by atoms with Crippen molar-refractivity contribution in [3.8, 4) is 5.75 Å². The van der Waals surface area contributed by atoms with Gasteiger partial charge in [0.1, 0.15) is 5.75 Å². The summed E-state index contributed by atoms with van der Waals surface area (Å²) in [5.74, 6) is 0.485. The molecule has 0 bridgehead atoms. The zero-order valence-electron chi connectivity index (χ0n) is 17.1. The zero-order chi connectivity index (χ0) is 21.2. The molecular formula is C25H26N2O3. The number of ketones is 1. The highest BCUT2D eigenvalue weighted by Gasteiger charge is 2.18. The van der Waals surface area contributed by atoms with Gasteiger partial charge in [0.05, 0.1) is 18.3 Å². The van der Waals surface area contributed by atoms with E-state index < -0.39 is 0 Å². The summed E-state index contributed by atoms with van der Waals surface area (Å²) in [4.78, 5) is 29.5. The van der Waals surface area contributed by atoms with Crippen molar-refractivity contribution in [2.24, 2.45) is 0 Å². The molecule has 0 spiro atoms. The highest BCUT2D eigenvalue weighted by Crippen LogP contribution is 2.20. The molecule has 0 aliphatic rings. The van der Waals surface area contributed by atoms with Gasteiger partial charge in [0.25, 0.3) is 0 Å². The van der Waals surface area contributed by atoms with Crippen molar-refractivity contribution in [2.75, 3.05) is 6.61 Å². The molecular weight excluding hydrogens is 376 g/mol. The lowest BCUT2D eigenvalue weighted by atomic mass is 10.0. The van der Waals surface area contributed by atoms with Gasteiger partial charge in [-0.15, -0.1) is 0 Å². The summed E-state index contributed by atoms with van der Waals surface area (Å²) in [7, 11) is 0. The number of carbonyl (C=O) groups is 2. The molecule has 2 aromatic carbocycles. The van der Waals surface area contributed by atoms with Crippen molar-refractivity contribution in [3.63, 3.8) is 0 Å². The van der Waals surface area contributed by atoms with Gasteiger partial charge in [-0.3, -0.25) is 14.6 Å². The third kappa shape index (κ3) is 6.01. The average Bonchev–Trinajstić information content (AvgIpc) is 2.81. The summed E-state index contributed by atoms with van der Waals surface area (Å²) in [5, 5.41) is 3.02. The number of hydrogen-bond donors (Lipinski definition) is 1. The second kappa shape index (κ2) is 10.9. The largest absolute Gasteiger partial charge is 0.494 e. The van der Waals surface area contributed by atoms with Crippen LogP contribution in [0.2, 0.25) is 0 Å². The van der Waals surface area contributed by atoms with Gasteiger partial charge in [-0.1, -0.05) is 43.3 Å². The van der Waals surface area contributed by atoms with Crippen LogP contribution in [0, 0.1) is 0 Å². The van der Waals surface area contributed by atoms with Crippen LogP contribution in [0.25, 0.3) is 0 Å². The van der Waals surface area contributed by atoms with Crippen molar-refractivity contribution in [3.05, 3.63) is 95.8 Å². The van der Waals surface area contributed by atoms with Gasteiger partial charge >= 0.3 is 0 Å². The lowest BCUT2D eigenvalue weighted by molar-refractivity contribution is -0.121. The number of rotatable bonds is 10. The Labute approximate surface area is 177 Å². The first-order chi connectivity index (χ1) is 14.7. The summed E-state index contributed by atoms with van der Waals surface area (Å²) >= 11 is 0. The van der Waals surface area contributed by atoms with E-state index in [0.29, 0.717) is 12.2 Å². The molecule has 154 valence electrons. The predicted octanol–water partition coefficient (Wildman–Crippen LogP) is 4.74. The summed E-state index contributed by atoms with van der Waals surface area (Å²) < 4.78 is 5.53. The molecule has 3 aromatic rings. The van der Waals surface area contributed by atoms with Gasteiger partial charge in [0.15, 0.2) is 5.78 Å². The topological polar surface area (TPSA) is 68.3 Å². The Balaban J connectivity index is 1.60. The molecule has 1 N–H and O–H groups in total. The van der Waals surface area contributed by atoms with Crippen LogP contribution < -0.4 is 10.1 Å². The molecule has 1 atom stereocenters. The number of Topliss-reactive ketones (excluding diaryl/α,β-unsaturated/α-hetero) is 1. The third-order valence-electron chi connectivity index (χ3n) is 4.65. The first kappa shape index (κ1) is 21.2. The molecule has 3 rings (SSSR count). The lowest BCUT2D eigenvalue weighted by Gasteiger charge is -2.19. The van der Waals surface area contributed by atoms with E-state index >= 15 is 0 Å². The van der Waals surface area contributed by atoms with Gasteiger partial charge in [-0.25, -0.2) is 0 Å². The van der Waals surface area contributed by atoms with Crippen molar-refractivity contribution < 1.29 is 14.3 Å². The van der Waals surface area contributed by atoms with Gasteiger partial charge in [-0.2, -0.15) is 0 Å². The molecule has 0 saturated heterocycles. The number of benzene rings is 2. The number of ether oxygens (including phenoxy) is 1. The Kier molecular flexibility index (Phi) is 7.72. The minimum Gasteiger partial charge on any atom is -0.494 e. The number of nitrogens with one attached hydrogen (secondary N) is 1. The van der Waals surface area contributed by atoms with Crippen LogP contribution in [-0.4, -0.2) is 23.3 Å². The summed E-state index contributed by atoms with van der Waals surface area (Å²) in [6, 6.07) is 22.0. The molecule has 1 unspecified atom stereocenters. The van der Waals surface area contributed by atoms with Gasteiger partial charge in [0.2, 0.25) is 5.91 Å². The fourth-order valence-electron chi connectivity index (χ4n) is 3.08. The summed E-state index contributed by atoms with van der Waals surface area (Å²) in [6.45, 7) is 2.69. The SMILES string of the molecule is CCCOc1ccc(C(=O)CCC(=O)NC(c2ccccc2)c2ccccn2)cc1. The van der Waals surface area contributed by atoms with Crippen molar-refractivity contribution in [2.45, 2.75) is 32.2 Å². The second-order valence-electron chi connectivity index (χ2n) is 6.96. The first-order valence-electron chi connectivity index (χ1n) is 10.2. The van der Waals surface area contributed by atoms with E-state index in [2.05, 4.69) is 10.3 Å². The van der Waals surface area contributed by atoms with Crippen LogP contribution in [0.5, 0.6) is 5.75 Å². The minimum absolute atomic E-state index is 0.0683. The van der Waals surface area contributed by atoms with E-state index in [9.17, 15) is 9.59 Å². The highest BCUT2D eigenvalue weighted by molar-refractivity contribution is 5.98. The van der Waals surface area contributed by atoms with Crippen LogP contribution in [0.4, 0.5) is 0 Å². The van der Waals surface area contributed by atoms with Crippen LogP contribution in [0.3, 0.4) is 0 Å². The maximum atomic E-state index is 12.6. The molecule has 5 heteroatoms. The van der Waals surface area contributed by atoms with Crippen molar-refractivity contribution in [1.82, 2.24) is 10.3 Å². The first-order valence-corrected chi connectivity index (χ1v) is 10.2. The quantitative estimate of drug-likeness (QED) is 0.498. The minimum atomic E-state index is -0.356. The number of aromatic nitrogens is 1. The molecule has 0 fully saturated rings. The van der Waals surface area contributed by atoms with Crippen LogP contribution >= 0.6 is 0 Å². The lowest BCUT2D eigenvalue weighted by Crippen LogP contribution is -2.30. The van der Waals surface area contributed by atoms with Crippen LogP contribution in [0.15, 0.2) is 79.0 Å². The fraction of sp³-hybridized carbons (Fsp3) is 0.240. The Morgan fingerprint density at radius 2 is 1.67 bits per heavy atom. The standard InChI is InChI=1S/C25H26N2O3/c1-2-18-30-21-13-11-19(12-14-21)23(28)15-16-24(29)27-25(20-8-4-3-5-9-20)22-10-6-7-17-26-22/h3-14,17,25H,2,15-16,18H2,1H3,(H,27,29). The molecule has 1 heterocycles. The molecule has 0 aliphatic carbocycles.